The van der Waals surface area contributed by atoms with Crippen LogP contribution in [0.3, 0.4) is 0 Å². The van der Waals surface area contributed by atoms with Gasteiger partial charge in [-0.15, -0.1) is 11.3 Å². The molecule has 154 valence electrons. The van der Waals surface area contributed by atoms with E-state index in [1.165, 1.54) is 16.2 Å². The number of H-pyrrole nitrogens is 1. The van der Waals surface area contributed by atoms with Gasteiger partial charge in [0, 0.05) is 32.9 Å². The predicted octanol–water partition coefficient (Wildman–Crippen LogP) is 5.97. The molecule has 0 saturated carbocycles. The van der Waals surface area contributed by atoms with Gasteiger partial charge < -0.3 is 10.1 Å². The molecule has 1 unspecified atom stereocenters. The summed E-state index contributed by atoms with van der Waals surface area (Å²) in [5.41, 5.74) is 3.12. The molecule has 4 aromatic rings. The highest BCUT2D eigenvalue weighted by Gasteiger charge is 2.46. The van der Waals surface area contributed by atoms with Crippen LogP contribution in [0.15, 0.2) is 77.4 Å². The van der Waals surface area contributed by atoms with E-state index in [-0.39, 0.29) is 11.4 Å². The lowest BCUT2D eigenvalue weighted by molar-refractivity contribution is -0.117. The predicted molar refractivity (Wildman–Crippen MR) is 123 cm³/mol. The number of aliphatic hydroxyl groups is 1. The summed E-state index contributed by atoms with van der Waals surface area (Å²) in [5.74, 6) is -1.49. The average molecular weight is 449 g/mol. The van der Waals surface area contributed by atoms with Gasteiger partial charge in [0.05, 0.1) is 16.5 Å². The molecule has 1 aliphatic heterocycles. The van der Waals surface area contributed by atoms with Crippen LogP contribution in [0.4, 0.5) is 5.69 Å². The number of fused-ring (bicyclic) bond motifs is 1. The summed E-state index contributed by atoms with van der Waals surface area (Å²) in [6, 6.07) is 17.2. The van der Waals surface area contributed by atoms with E-state index >= 15 is 0 Å². The average Bonchev–Trinajstić information content (AvgIpc) is 3.46. The number of aliphatic hydroxyl groups excluding tert-OH is 1. The van der Waals surface area contributed by atoms with Gasteiger partial charge in [0.15, 0.2) is 5.76 Å². The number of anilines is 1. The molecule has 3 heterocycles. The van der Waals surface area contributed by atoms with Crippen molar-refractivity contribution in [2.24, 2.45) is 0 Å². The highest BCUT2D eigenvalue weighted by molar-refractivity contribution is 7.12. The van der Waals surface area contributed by atoms with Gasteiger partial charge in [-0.1, -0.05) is 35.9 Å². The Morgan fingerprint density at radius 1 is 1.10 bits per heavy atom. The summed E-state index contributed by atoms with van der Waals surface area (Å²) in [6.07, 6.45) is 0. The molecule has 0 fully saturated rings. The highest BCUT2D eigenvalue weighted by atomic mass is 35.5. The first-order chi connectivity index (χ1) is 15.0. The normalized spacial score (nSPS) is 16.5. The van der Waals surface area contributed by atoms with Crippen molar-refractivity contribution >= 4 is 51.2 Å². The summed E-state index contributed by atoms with van der Waals surface area (Å²) in [6.45, 7) is 1.91. The van der Waals surface area contributed by atoms with E-state index in [1.807, 2.05) is 31.2 Å². The summed E-state index contributed by atoms with van der Waals surface area (Å²) in [5, 5.41) is 14.1. The third-order valence-electron chi connectivity index (χ3n) is 5.52. The van der Waals surface area contributed by atoms with Gasteiger partial charge in [-0.3, -0.25) is 14.5 Å². The molecule has 1 atom stereocenters. The Kier molecular flexibility index (Phi) is 4.68. The number of aromatic nitrogens is 1. The smallest absolute Gasteiger partial charge is 0.294 e. The molecule has 0 spiro atoms. The van der Waals surface area contributed by atoms with Crippen molar-refractivity contribution in [2.75, 3.05) is 4.90 Å². The Labute approximate surface area is 187 Å². The standard InChI is InChI=1S/C24H17ClN2O3S/c1-13-19(16-5-2-3-6-17(16)26-13)21-20(22(28)18-7-4-12-31-18)23(29)24(30)27(21)15-10-8-14(25)9-11-15/h2-12,21,26,29H,1H3. The number of Topliss-reactive ketones (excluding diaryl/α,β-unsaturated/α-hetero) is 1. The number of hydrogen-bond donors (Lipinski definition) is 2. The zero-order valence-electron chi connectivity index (χ0n) is 16.4. The summed E-state index contributed by atoms with van der Waals surface area (Å²) >= 11 is 7.33. The van der Waals surface area contributed by atoms with E-state index < -0.39 is 17.7 Å². The molecule has 5 nitrogen and oxygen atoms in total. The fourth-order valence-corrected chi connectivity index (χ4v) is 4.97. The van der Waals surface area contributed by atoms with Crippen molar-refractivity contribution in [3.63, 3.8) is 0 Å². The van der Waals surface area contributed by atoms with E-state index in [9.17, 15) is 14.7 Å². The maximum Gasteiger partial charge on any atom is 0.294 e. The topological polar surface area (TPSA) is 73.4 Å². The van der Waals surface area contributed by atoms with Crippen LogP contribution in [0.5, 0.6) is 0 Å². The molecule has 1 amide bonds. The second kappa shape index (κ2) is 7.41. The fraction of sp³-hybridized carbons (Fsp3) is 0.0833. The number of halogens is 1. The molecule has 7 heteroatoms. The van der Waals surface area contributed by atoms with E-state index in [0.717, 1.165) is 22.2 Å². The summed E-state index contributed by atoms with van der Waals surface area (Å²) in [7, 11) is 0. The number of carbonyl (C=O) groups is 2. The fourth-order valence-electron chi connectivity index (χ4n) is 4.17. The van der Waals surface area contributed by atoms with Crippen molar-refractivity contribution in [1.82, 2.24) is 4.98 Å². The van der Waals surface area contributed by atoms with Crippen LogP contribution in [0.1, 0.15) is 27.0 Å². The number of benzene rings is 2. The number of nitrogens with zero attached hydrogens (tertiary/aromatic N) is 1. The molecular formula is C24H17ClN2O3S. The van der Waals surface area contributed by atoms with E-state index in [4.69, 9.17) is 11.6 Å². The molecule has 5 rings (SSSR count). The molecule has 0 aliphatic carbocycles. The van der Waals surface area contributed by atoms with E-state index in [0.29, 0.717) is 15.6 Å². The minimum atomic E-state index is -0.778. The van der Waals surface area contributed by atoms with Crippen molar-refractivity contribution in [2.45, 2.75) is 13.0 Å². The van der Waals surface area contributed by atoms with Gasteiger partial charge in [0.2, 0.25) is 5.78 Å². The number of aromatic amines is 1. The lowest BCUT2D eigenvalue weighted by Gasteiger charge is -2.27. The van der Waals surface area contributed by atoms with Crippen LogP contribution in [-0.2, 0) is 4.79 Å². The number of aryl methyl sites for hydroxylation is 1. The van der Waals surface area contributed by atoms with Crippen LogP contribution in [0, 0.1) is 6.92 Å². The first kappa shape index (κ1) is 19.6. The molecule has 2 N–H and O–H groups in total. The van der Waals surface area contributed by atoms with Crippen LogP contribution >= 0.6 is 22.9 Å². The third kappa shape index (κ3) is 3.07. The van der Waals surface area contributed by atoms with Gasteiger partial charge in [-0.2, -0.15) is 0 Å². The molecule has 1 aliphatic rings. The highest BCUT2D eigenvalue weighted by Crippen LogP contribution is 2.45. The van der Waals surface area contributed by atoms with Gasteiger partial charge in [-0.05, 0) is 48.7 Å². The Balaban J connectivity index is 1.77. The largest absolute Gasteiger partial charge is 0.503 e. The Hall–Kier alpha value is -3.35. The Morgan fingerprint density at radius 3 is 2.55 bits per heavy atom. The number of nitrogens with one attached hydrogen (secondary N) is 1. The van der Waals surface area contributed by atoms with E-state index in [2.05, 4.69) is 4.98 Å². The summed E-state index contributed by atoms with van der Waals surface area (Å²) < 4.78 is 0. The quantitative estimate of drug-likeness (QED) is 0.377. The maximum atomic E-state index is 13.4. The zero-order chi connectivity index (χ0) is 21.7. The lowest BCUT2D eigenvalue weighted by atomic mass is 9.93. The van der Waals surface area contributed by atoms with Crippen LogP contribution < -0.4 is 4.90 Å². The number of amides is 1. The van der Waals surface area contributed by atoms with Crippen LogP contribution in [0.2, 0.25) is 5.02 Å². The number of carbonyl (C=O) groups excluding carboxylic acids is 2. The minimum Gasteiger partial charge on any atom is -0.503 e. The Morgan fingerprint density at radius 2 is 1.84 bits per heavy atom. The zero-order valence-corrected chi connectivity index (χ0v) is 18.0. The molecule has 0 bridgehead atoms. The van der Waals surface area contributed by atoms with Gasteiger partial charge in [0.1, 0.15) is 0 Å². The number of thiophene rings is 1. The lowest BCUT2D eigenvalue weighted by Crippen LogP contribution is -2.31. The molecule has 2 aromatic heterocycles. The van der Waals surface area contributed by atoms with Crippen LogP contribution in [0.25, 0.3) is 10.9 Å². The third-order valence-corrected chi connectivity index (χ3v) is 6.64. The van der Waals surface area contributed by atoms with Gasteiger partial charge in [0.25, 0.3) is 5.91 Å². The van der Waals surface area contributed by atoms with Crippen molar-refractivity contribution in [1.29, 1.82) is 0 Å². The van der Waals surface area contributed by atoms with Gasteiger partial charge >= 0.3 is 0 Å². The number of para-hydroxylation sites is 1. The molecule has 31 heavy (non-hydrogen) atoms. The molecular weight excluding hydrogens is 432 g/mol. The molecule has 0 saturated heterocycles. The number of ketones is 1. The molecule has 2 aromatic carbocycles. The Bertz CT molecular complexity index is 1350. The van der Waals surface area contributed by atoms with Crippen molar-refractivity contribution < 1.29 is 14.7 Å². The second-order valence-corrected chi connectivity index (χ2v) is 8.72. The number of rotatable bonds is 4. The maximum absolute atomic E-state index is 13.4. The number of hydrogen-bond acceptors (Lipinski definition) is 4. The van der Waals surface area contributed by atoms with E-state index in [1.54, 1.807) is 41.8 Å². The van der Waals surface area contributed by atoms with Crippen molar-refractivity contribution in [3.8, 4) is 0 Å². The second-order valence-electron chi connectivity index (χ2n) is 7.33. The first-order valence-electron chi connectivity index (χ1n) is 9.65. The van der Waals surface area contributed by atoms with Crippen LogP contribution in [-0.4, -0.2) is 21.8 Å². The van der Waals surface area contributed by atoms with Crippen molar-refractivity contribution in [3.05, 3.63) is 98.5 Å². The monoisotopic (exact) mass is 448 g/mol. The molecule has 0 radical (unpaired) electrons. The SMILES string of the molecule is Cc1[nH]c2ccccc2c1C1C(C(=O)c2cccs2)=C(O)C(=O)N1c1ccc(Cl)cc1. The summed E-state index contributed by atoms with van der Waals surface area (Å²) in [4.78, 5) is 32.0. The van der Waals surface area contributed by atoms with Gasteiger partial charge in [-0.25, -0.2) is 0 Å². The minimum absolute atomic E-state index is 0.0789. The first-order valence-corrected chi connectivity index (χ1v) is 10.9.